The van der Waals surface area contributed by atoms with E-state index in [9.17, 15) is 9.59 Å². The van der Waals surface area contributed by atoms with Gasteiger partial charge in [-0.25, -0.2) is 4.79 Å². The van der Waals surface area contributed by atoms with Crippen LogP contribution in [-0.2, 0) is 19.1 Å². The Balaban J connectivity index is 0.00000364. The summed E-state index contributed by atoms with van der Waals surface area (Å²) in [6, 6.07) is 5.90. The summed E-state index contributed by atoms with van der Waals surface area (Å²) in [7, 11) is 0. The molecule has 0 aliphatic carbocycles. The second-order valence-corrected chi connectivity index (χ2v) is 7.10. The van der Waals surface area contributed by atoms with E-state index in [2.05, 4.69) is 27.7 Å². The fourth-order valence-corrected chi connectivity index (χ4v) is 2.87. The van der Waals surface area contributed by atoms with Crippen LogP contribution < -0.4 is 4.74 Å². The Kier molecular flexibility index (Phi) is 9.46. The summed E-state index contributed by atoms with van der Waals surface area (Å²) in [5.41, 5.74) is 1.95. The molecule has 0 aromatic heterocycles. The van der Waals surface area contributed by atoms with E-state index in [0.717, 1.165) is 11.1 Å². The first-order chi connectivity index (χ1) is 12.4. The summed E-state index contributed by atoms with van der Waals surface area (Å²) >= 11 is 0. The first-order valence-electron chi connectivity index (χ1n) is 9.17. The molecular formula is C21H33NO5. The topological polar surface area (TPSA) is 65.1 Å². The van der Waals surface area contributed by atoms with Crippen LogP contribution in [0.4, 0.5) is 0 Å². The van der Waals surface area contributed by atoms with Crippen molar-refractivity contribution in [3.8, 4) is 5.75 Å². The quantitative estimate of drug-likeness (QED) is 0.535. The van der Waals surface area contributed by atoms with Crippen molar-refractivity contribution in [1.29, 1.82) is 0 Å². The van der Waals surface area contributed by atoms with Crippen LogP contribution in [0.1, 0.15) is 58.1 Å². The van der Waals surface area contributed by atoms with E-state index >= 15 is 0 Å². The molecule has 1 aliphatic rings. The van der Waals surface area contributed by atoms with Crippen LogP contribution >= 0.6 is 0 Å². The molecule has 0 amide bonds. The lowest BCUT2D eigenvalue weighted by Crippen LogP contribution is -2.40. The number of esters is 2. The van der Waals surface area contributed by atoms with Crippen LogP contribution in [0, 0.1) is 0 Å². The molecule has 1 heterocycles. The minimum Gasteiger partial charge on any atom is -0.453 e. The van der Waals surface area contributed by atoms with Crippen molar-refractivity contribution in [3.05, 3.63) is 29.3 Å². The molecule has 6 heteroatoms. The van der Waals surface area contributed by atoms with Gasteiger partial charge in [0.25, 0.3) is 0 Å². The maximum Gasteiger partial charge on any atom is 0.349 e. The normalized spacial score (nSPS) is 14.7. The molecule has 0 spiro atoms. The fourth-order valence-electron chi connectivity index (χ4n) is 2.87. The maximum atomic E-state index is 12.2. The van der Waals surface area contributed by atoms with E-state index in [4.69, 9.17) is 14.2 Å². The highest BCUT2D eigenvalue weighted by Gasteiger charge is 2.20. The van der Waals surface area contributed by atoms with E-state index < -0.39 is 11.9 Å². The number of ether oxygens (including phenoxy) is 3. The summed E-state index contributed by atoms with van der Waals surface area (Å²) in [4.78, 5) is 26.1. The Labute approximate surface area is 162 Å². The minimum atomic E-state index is -0.560. The smallest absolute Gasteiger partial charge is 0.349 e. The molecular weight excluding hydrogens is 346 g/mol. The van der Waals surface area contributed by atoms with Gasteiger partial charge in [0, 0.05) is 13.1 Å². The van der Waals surface area contributed by atoms with Crippen molar-refractivity contribution in [2.45, 2.75) is 47.0 Å². The van der Waals surface area contributed by atoms with Gasteiger partial charge in [0.05, 0.1) is 19.8 Å². The molecule has 6 nitrogen and oxygen atoms in total. The third-order valence-electron chi connectivity index (χ3n) is 4.34. The fraction of sp³-hybridized carbons (Fsp3) is 0.619. The lowest BCUT2D eigenvalue weighted by molar-refractivity contribution is -0.155. The number of morpholine rings is 1. The zero-order chi connectivity index (χ0) is 19.1. The second kappa shape index (κ2) is 11.0. The van der Waals surface area contributed by atoms with Gasteiger partial charge in [0.2, 0.25) is 0 Å². The first-order valence-corrected chi connectivity index (χ1v) is 9.17. The van der Waals surface area contributed by atoms with E-state index in [0.29, 0.717) is 32.1 Å². The lowest BCUT2D eigenvalue weighted by atomic mass is 9.94. The summed E-state index contributed by atoms with van der Waals surface area (Å²) in [6.07, 6.45) is 0. The van der Waals surface area contributed by atoms with Crippen LogP contribution in [0.25, 0.3) is 0 Å². The predicted molar refractivity (Wildman–Crippen MR) is 105 cm³/mol. The van der Waals surface area contributed by atoms with Crippen molar-refractivity contribution < 1.29 is 23.8 Å². The number of para-hydroxylation sites is 1. The predicted octanol–water partition coefficient (Wildman–Crippen LogP) is 3.35. The average Bonchev–Trinajstić information content (AvgIpc) is 2.60. The summed E-state index contributed by atoms with van der Waals surface area (Å²) in [5.74, 6) is 0.0490. The molecule has 1 fully saturated rings. The Morgan fingerprint density at radius 1 is 1.04 bits per heavy atom. The third-order valence-corrected chi connectivity index (χ3v) is 4.34. The third kappa shape index (κ3) is 6.96. The van der Waals surface area contributed by atoms with Gasteiger partial charge in [-0.1, -0.05) is 53.3 Å². The molecule has 0 atom stereocenters. The highest BCUT2D eigenvalue weighted by Crippen LogP contribution is 2.34. The molecule has 27 heavy (non-hydrogen) atoms. The molecule has 152 valence electrons. The average molecular weight is 379 g/mol. The summed E-state index contributed by atoms with van der Waals surface area (Å²) < 4.78 is 15.9. The molecule has 1 aromatic rings. The molecule has 2 rings (SSSR count). The number of rotatable bonds is 7. The van der Waals surface area contributed by atoms with Gasteiger partial charge in [-0.3, -0.25) is 9.69 Å². The number of benzene rings is 1. The monoisotopic (exact) mass is 379 g/mol. The van der Waals surface area contributed by atoms with Crippen LogP contribution in [0.3, 0.4) is 0 Å². The molecule has 0 N–H and O–H groups in total. The van der Waals surface area contributed by atoms with Gasteiger partial charge in [0.15, 0.2) is 6.61 Å². The Morgan fingerprint density at radius 2 is 1.59 bits per heavy atom. The molecule has 0 unspecified atom stereocenters. The van der Waals surface area contributed by atoms with Crippen molar-refractivity contribution in [2.75, 3.05) is 39.5 Å². The molecule has 1 aliphatic heterocycles. The van der Waals surface area contributed by atoms with Gasteiger partial charge in [-0.05, 0) is 23.0 Å². The van der Waals surface area contributed by atoms with Gasteiger partial charge in [0.1, 0.15) is 5.75 Å². The largest absolute Gasteiger partial charge is 0.453 e. The highest BCUT2D eigenvalue weighted by atomic mass is 16.6. The highest BCUT2D eigenvalue weighted by molar-refractivity contribution is 5.79. The van der Waals surface area contributed by atoms with E-state index in [1.165, 1.54) is 0 Å². The zero-order valence-corrected chi connectivity index (χ0v) is 16.1. The van der Waals surface area contributed by atoms with Crippen molar-refractivity contribution in [1.82, 2.24) is 4.90 Å². The Hall–Kier alpha value is -1.92. The number of carbonyl (C=O) groups is 2. The first kappa shape index (κ1) is 23.1. The van der Waals surface area contributed by atoms with Crippen molar-refractivity contribution in [2.24, 2.45) is 0 Å². The van der Waals surface area contributed by atoms with Gasteiger partial charge >= 0.3 is 11.9 Å². The number of carbonyl (C=O) groups excluding carboxylic acids is 2. The lowest BCUT2D eigenvalue weighted by Gasteiger charge is -2.25. The number of hydrogen-bond donors (Lipinski definition) is 0. The Morgan fingerprint density at radius 3 is 2.11 bits per heavy atom. The number of hydrogen-bond acceptors (Lipinski definition) is 6. The summed E-state index contributed by atoms with van der Waals surface area (Å²) in [5, 5.41) is 0. The van der Waals surface area contributed by atoms with Gasteiger partial charge in [-0.15, -0.1) is 0 Å². The molecule has 1 saturated heterocycles. The van der Waals surface area contributed by atoms with Crippen LogP contribution in [-0.4, -0.2) is 56.3 Å². The van der Waals surface area contributed by atoms with Gasteiger partial charge < -0.3 is 14.2 Å². The minimum absolute atomic E-state index is 0. The van der Waals surface area contributed by atoms with Crippen LogP contribution in [0.15, 0.2) is 18.2 Å². The number of nitrogens with zero attached hydrogens (tertiary/aromatic N) is 1. The second-order valence-electron chi connectivity index (χ2n) is 7.10. The molecule has 0 bridgehead atoms. The van der Waals surface area contributed by atoms with E-state index in [-0.39, 0.29) is 32.4 Å². The van der Waals surface area contributed by atoms with E-state index in [1.54, 1.807) is 0 Å². The van der Waals surface area contributed by atoms with Gasteiger partial charge in [-0.2, -0.15) is 0 Å². The molecule has 0 radical (unpaired) electrons. The van der Waals surface area contributed by atoms with Crippen molar-refractivity contribution in [3.63, 3.8) is 0 Å². The maximum absolute atomic E-state index is 12.2. The standard InChI is InChI=1S/C20H29NO5.CH4/c1-14(2)16-6-5-7-17(15(3)4)20(16)26-19(23)13-25-18(22)12-21-8-10-24-11-9-21;/h5-7,14-15H,8-13H2,1-4H3;1H4. The van der Waals surface area contributed by atoms with E-state index in [1.807, 2.05) is 23.1 Å². The molecule has 1 aromatic carbocycles. The zero-order valence-electron chi connectivity index (χ0n) is 16.1. The van der Waals surface area contributed by atoms with Crippen molar-refractivity contribution >= 4 is 11.9 Å². The summed E-state index contributed by atoms with van der Waals surface area (Å²) in [6.45, 7) is 10.6. The Bertz CT molecular complexity index is 595. The molecule has 0 saturated carbocycles. The van der Waals surface area contributed by atoms with Crippen LogP contribution in [0.2, 0.25) is 0 Å². The SMILES string of the molecule is C.CC(C)c1cccc(C(C)C)c1OC(=O)COC(=O)CN1CCOCC1. The van der Waals surface area contributed by atoms with Crippen LogP contribution in [0.5, 0.6) is 5.75 Å².